The van der Waals surface area contributed by atoms with E-state index in [1.807, 2.05) is 19.1 Å². The highest BCUT2D eigenvalue weighted by molar-refractivity contribution is 5.11. The van der Waals surface area contributed by atoms with Crippen molar-refractivity contribution in [2.45, 2.75) is 13.0 Å². The molecule has 0 aliphatic rings. The van der Waals surface area contributed by atoms with Gasteiger partial charge in [-0.2, -0.15) is 5.48 Å². The average Bonchev–Trinajstić information content (AvgIpc) is 2.05. The molecular formula is C7H10N2O. The molecule has 0 fully saturated rings. The molecule has 0 saturated heterocycles. The van der Waals surface area contributed by atoms with E-state index in [2.05, 4.69) is 10.5 Å². The minimum atomic E-state index is -0.0475. The highest BCUT2D eigenvalue weighted by Gasteiger charge is 2.00. The molecule has 0 unspecified atom stereocenters. The second-order valence-corrected chi connectivity index (χ2v) is 2.14. The van der Waals surface area contributed by atoms with Gasteiger partial charge in [0.25, 0.3) is 0 Å². The predicted octanol–water partition coefficient (Wildman–Crippen LogP) is 1.12. The van der Waals surface area contributed by atoms with Crippen LogP contribution in [0.15, 0.2) is 24.5 Å². The first kappa shape index (κ1) is 7.18. The van der Waals surface area contributed by atoms with E-state index < -0.39 is 0 Å². The molecule has 0 aliphatic carbocycles. The highest BCUT2D eigenvalue weighted by Crippen LogP contribution is 2.07. The minimum Gasteiger partial charge on any atom is -0.316 e. The largest absolute Gasteiger partial charge is 0.316 e. The van der Waals surface area contributed by atoms with Crippen molar-refractivity contribution >= 4 is 0 Å². The molecule has 0 bridgehead atoms. The second-order valence-electron chi connectivity index (χ2n) is 2.14. The van der Waals surface area contributed by atoms with Crippen LogP contribution < -0.4 is 5.48 Å². The lowest BCUT2D eigenvalue weighted by atomic mass is 10.2. The third-order valence-corrected chi connectivity index (χ3v) is 1.38. The van der Waals surface area contributed by atoms with Gasteiger partial charge < -0.3 is 5.21 Å². The van der Waals surface area contributed by atoms with E-state index in [1.54, 1.807) is 12.4 Å². The minimum absolute atomic E-state index is 0.0475. The van der Waals surface area contributed by atoms with E-state index in [-0.39, 0.29) is 6.04 Å². The molecule has 54 valence electrons. The number of aromatic nitrogens is 1. The summed E-state index contributed by atoms with van der Waals surface area (Å²) in [4.78, 5) is 3.90. The first-order chi connectivity index (χ1) is 4.84. The Morgan fingerprint density at radius 1 is 1.70 bits per heavy atom. The number of nitrogens with zero attached hydrogens (tertiary/aromatic N) is 1. The van der Waals surface area contributed by atoms with Crippen LogP contribution in [0, 0.1) is 0 Å². The normalized spacial score (nSPS) is 13.0. The maximum absolute atomic E-state index is 8.51. The summed E-state index contributed by atoms with van der Waals surface area (Å²) >= 11 is 0. The predicted molar refractivity (Wildman–Crippen MR) is 37.6 cm³/mol. The Hall–Kier alpha value is -0.930. The van der Waals surface area contributed by atoms with Crippen molar-refractivity contribution in [3.8, 4) is 0 Å². The Kier molecular flexibility index (Phi) is 2.36. The van der Waals surface area contributed by atoms with E-state index in [9.17, 15) is 0 Å². The molecule has 0 spiro atoms. The number of rotatable bonds is 2. The standard InChI is InChI=1S/C7H10N2O/c1-6(9-10)7-3-2-4-8-5-7/h2-6,9-10H,1H3/t6-/m0/s1. The fraction of sp³-hybridized carbons (Fsp3) is 0.286. The van der Waals surface area contributed by atoms with Crippen molar-refractivity contribution in [1.82, 2.24) is 10.5 Å². The monoisotopic (exact) mass is 138 g/mol. The zero-order chi connectivity index (χ0) is 7.40. The summed E-state index contributed by atoms with van der Waals surface area (Å²) in [7, 11) is 0. The summed E-state index contributed by atoms with van der Waals surface area (Å²) in [5, 5.41) is 8.51. The molecule has 0 saturated carbocycles. The van der Waals surface area contributed by atoms with Crippen LogP contribution in [0.5, 0.6) is 0 Å². The molecule has 10 heavy (non-hydrogen) atoms. The van der Waals surface area contributed by atoms with E-state index in [1.165, 1.54) is 0 Å². The molecule has 1 rings (SSSR count). The van der Waals surface area contributed by atoms with E-state index in [0.29, 0.717) is 0 Å². The van der Waals surface area contributed by atoms with Gasteiger partial charge in [0.2, 0.25) is 0 Å². The van der Waals surface area contributed by atoms with Gasteiger partial charge in [-0.15, -0.1) is 0 Å². The SMILES string of the molecule is C[C@H](NO)c1cccnc1. The number of nitrogens with one attached hydrogen (secondary N) is 1. The first-order valence-corrected chi connectivity index (χ1v) is 3.14. The summed E-state index contributed by atoms with van der Waals surface area (Å²) < 4.78 is 0. The van der Waals surface area contributed by atoms with E-state index in [0.717, 1.165) is 5.56 Å². The molecular weight excluding hydrogens is 128 g/mol. The number of hydrogen-bond acceptors (Lipinski definition) is 3. The van der Waals surface area contributed by atoms with Crippen molar-refractivity contribution in [2.24, 2.45) is 0 Å². The molecule has 1 heterocycles. The zero-order valence-corrected chi connectivity index (χ0v) is 5.78. The third kappa shape index (κ3) is 1.52. The third-order valence-electron chi connectivity index (χ3n) is 1.38. The van der Waals surface area contributed by atoms with Crippen LogP contribution in [-0.4, -0.2) is 10.2 Å². The smallest absolute Gasteiger partial charge is 0.0555 e. The fourth-order valence-electron chi connectivity index (χ4n) is 0.707. The Morgan fingerprint density at radius 3 is 3.00 bits per heavy atom. The van der Waals surface area contributed by atoms with Crippen LogP contribution in [0.3, 0.4) is 0 Å². The maximum Gasteiger partial charge on any atom is 0.0555 e. The van der Waals surface area contributed by atoms with Crippen LogP contribution in [0.2, 0.25) is 0 Å². The van der Waals surface area contributed by atoms with Gasteiger partial charge >= 0.3 is 0 Å². The maximum atomic E-state index is 8.51. The lowest BCUT2D eigenvalue weighted by Crippen LogP contribution is -2.12. The van der Waals surface area contributed by atoms with Crippen molar-refractivity contribution < 1.29 is 5.21 Å². The molecule has 0 amide bonds. The molecule has 3 nitrogen and oxygen atoms in total. The van der Waals surface area contributed by atoms with E-state index >= 15 is 0 Å². The zero-order valence-electron chi connectivity index (χ0n) is 5.78. The van der Waals surface area contributed by atoms with Crippen molar-refractivity contribution in [3.63, 3.8) is 0 Å². The van der Waals surface area contributed by atoms with Gasteiger partial charge in [-0.1, -0.05) is 6.07 Å². The summed E-state index contributed by atoms with van der Waals surface area (Å²) in [5.41, 5.74) is 3.12. The molecule has 1 aromatic heterocycles. The lowest BCUT2D eigenvalue weighted by Gasteiger charge is -2.06. The molecule has 0 aromatic carbocycles. The van der Waals surface area contributed by atoms with Gasteiger partial charge in [-0.05, 0) is 18.6 Å². The number of hydrogen-bond donors (Lipinski definition) is 2. The summed E-state index contributed by atoms with van der Waals surface area (Å²) in [6.45, 7) is 1.86. The van der Waals surface area contributed by atoms with Crippen LogP contribution in [0.1, 0.15) is 18.5 Å². The number of hydroxylamine groups is 1. The van der Waals surface area contributed by atoms with Gasteiger partial charge in [0.1, 0.15) is 0 Å². The fourth-order valence-corrected chi connectivity index (χ4v) is 0.707. The van der Waals surface area contributed by atoms with Crippen molar-refractivity contribution in [1.29, 1.82) is 0 Å². The Morgan fingerprint density at radius 2 is 2.50 bits per heavy atom. The second kappa shape index (κ2) is 3.29. The van der Waals surface area contributed by atoms with Crippen LogP contribution in [0.25, 0.3) is 0 Å². The van der Waals surface area contributed by atoms with Gasteiger partial charge in [0, 0.05) is 12.4 Å². The Bertz CT molecular complexity index is 188. The molecule has 0 aliphatic heterocycles. The number of pyridine rings is 1. The highest BCUT2D eigenvalue weighted by atomic mass is 16.5. The molecule has 2 N–H and O–H groups in total. The molecule has 3 heteroatoms. The first-order valence-electron chi connectivity index (χ1n) is 3.14. The van der Waals surface area contributed by atoms with Crippen LogP contribution in [0.4, 0.5) is 0 Å². The average molecular weight is 138 g/mol. The van der Waals surface area contributed by atoms with Crippen molar-refractivity contribution in [2.75, 3.05) is 0 Å². The molecule has 1 atom stereocenters. The lowest BCUT2D eigenvalue weighted by molar-refractivity contribution is 0.133. The Labute approximate surface area is 59.7 Å². The summed E-state index contributed by atoms with van der Waals surface area (Å²) in [6, 6.07) is 3.69. The van der Waals surface area contributed by atoms with Crippen LogP contribution >= 0.6 is 0 Å². The molecule has 1 aromatic rings. The Balaban J connectivity index is 2.75. The van der Waals surface area contributed by atoms with Crippen molar-refractivity contribution in [3.05, 3.63) is 30.1 Å². The molecule has 0 radical (unpaired) electrons. The van der Waals surface area contributed by atoms with E-state index in [4.69, 9.17) is 5.21 Å². The van der Waals surface area contributed by atoms with Gasteiger partial charge in [-0.25, -0.2) is 0 Å². The van der Waals surface area contributed by atoms with Gasteiger partial charge in [0.05, 0.1) is 6.04 Å². The topological polar surface area (TPSA) is 45.1 Å². The van der Waals surface area contributed by atoms with Crippen LogP contribution in [-0.2, 0) is 0 Å². The summed E-state index contributed by atoms with van der Waals surface area (Å²) in [6.07, 6.45) is 3.42. The quantitative estimate of drug-likeness (QED) is 0.602. The summed E-state index contributed by atoms with van der Waals surface area (Å²) in [5.74, 6) is 0. The van der Waals surface area contributed by atoms with Gasteiger partial charge in [0.15, 0.2) is 0 Å². The van der Waals surface area contributed by atoms with Gasteiger partial charge in [-0.3, -0.25) is 4.98 Å².